The van der Waals surface area contributed by atoms with Crippen LogP contribution in [0.25, 0.3) is 0 Å². The van der Waals surface area contributed by atoms with Crippen molar-refractivity contribution in [3.63, 3.8) is 0 Å². The molecule has 0 aromatic carbocycles. The largest absolute Gasteiger partial charge is 0.466 e. The predicted octanol–water partition coefficient (Wildman–Crippen LogP) is 1.44. The van der Waals surface area contributed by atoms with Gasteiger partial charge >= 0.3 is 5.97 Å². The molecule has 1 aromatic rings. The van der Waals surface area contributed by atoms with Crippen molar-refractivity contribution in [3.8, 4) is 0 Å². The lowest BCUT2D eigenvalue weighted by Gasteiger charge is -2.38. The monoisotopic (exact) mass is 255 g/mol. The third-order valence-corrected chi connectivity index (χ3v) is 2.81. The maximum atomic E-state index is 11.4. The summed E-state index contributed by atoms with van der Waals surface area (Å²) in [6.07, 6.45) is 0. The van der Waals surface area contributed by atoms with E-state index in [1.807, 2.05) is 11.8 Å². The summed E-state index contributed by atoms with van der Waals surface area (Å²) >= 11 is 5.85. The van der Waals surface area contributed by atoms with Gasteiger partial charge in [0.25, 0.3) is 0 Å². The molecule has 2 rings (SSSR count). The van der Waals surface area contributed by atoms with Gasteiger partial charge in [-0.2, -0.15) is 0 Å². The van der Waals surface area contributed by atoms with Gasteiger partial charge in [0.2, 0.25) is 0 Å². The molecule has 5 nitrogen and oxygen atoms in total. The van der Waals surface area contributed by atoms with Gasteiger partial charge in [-0.15, -0.1) is 0 Å². The second-order valence-electron chi connectivity index (χ2n) is 3.95. The maximum absolute atomic E-state index is 11.4. The van der Waals surface area contributed by atoms with Crippen LogP contribution in [0, 0.1) is 12.8 Å². The second-order valence-corrected chi connectivity index (χ2v) is 4.34. The smallest absolute Gasteiger partial charge is 0.312 e. The zero-order valence-corrected chi connectivity index (χ0v) is 10.6. The van der Waals surface area contributed by atoms with Crippen molar-refractivity contribution in [1.29, 1.82) is 0 Å². The minimum atomic E-state index is -0.138. The highest BCUT2D eigenvalue weighted by molar-refractivity contribution is 6.29. The van der Waals surface area contributed by atoms with Gasteiger partial charge in [-0.3, -0.25) is 4.79 Å². The van der Waals surface area contributed by atoms with Gasteiger partial charge in [-0.05, 0) is 13.8 Å². The Morgan fingerprint density at radius 2 is 2.29 bits per heavy atom. The van der Waals surface area contributed by atoms with Gasteiger partial charge in [0, 0.05) is 19.2 Å². The molecule has 0 unspecified atom stereocenters. The first-order valence-electron chi connectivity index (χ1n) is 5.53. The summed E-state index contributed by atoms with van der Waals surface area (Å²) in [5, 5.41) is 0.423. The van der Waals surface area contributed by atoms with Gasteiger partial charge in [0.05, 0.1) is 12.5 Å². The molecule has 17 heavy (non-hydrogen) atoms. The molecule has 1 saturated heterocycles. The van der Waals surface area contributed by atoms with Crippen LogP contribution >= 0.6 is 11.6 Å². The number of aromatic nitrogens is 2. The fourth-order valence-corrected chi connectivity index (χ4v) is 1.97. The lowest BCUT2D eigenvalue weighted by Crippen LogP contribution is -2.51. The minimum Gasteiger partial charge on any atom is -0.466 e. The lowest BCUT2D eigenvalue weighted by atomic mass is 10.0. The molecule has 1 aliphatic heterocycles. The number of hydrogen-bond acceptors (Lipinski definition) is 5. The summed E-state index contributed by atoms with van der Waals surface area (Å²) in [6, 6.07) is 1.70. The number of hydrogen-bond donors (Lipinski definition) is 0. The molecular weight excluding hydrogens is 242 g/mol. The molecule has 0 bridgehead atoms. The quantitative estimate of drug-likeness (QED) is 0.604. The van der Waals surface area contributed by atoms with E-state index >= 15 is 0 Å². The number of esters is 1. The second kappa shape index (κ2) is 4.87. The zero-order chi connectivity index (χ0) is 12.4. The van der Waals surface area contributed by atoms with Crippen LogP contribution in [-0.4, -0.2) is 35.6 Å². The van der Waals surface area contributed by atoms with Crippen LogP contribution in [0.15, 0.2) is 6.07 Å². The average molecular weight is 256 g/mol. The van der Waals surface area contributed by atoms with Crippen LogP contribution in [0.1, 0.15) is 12.7 Å². The summed E-state index contributed by atoms with van der Waals surface area (Å²) in [6.45, 7) is 5.28. The first kappa shape index (κ1) is 12.1. The van der Waals surface area contributed by atoms with E-state index in [1.165, 1.54) is 0 Å². The maximum Gasteiger partial charge on any atom is 0.312 e. The van der Waals surface area contributed by atoms with Crippen LogP contribution in [0.2, 0.25) is 5.15 Å². The summed E-state index contributed by atoms with van der Waals surface area (Å²) in [7, 11) is 0. The van der Waals surface area contributed by atoms with Crippen molar-refractivity contribution in [2.75, 3.05) is 24.6 Å². The third-order valence-electron chi connectivity index (χ3n) is 2.62. The van der Waals surface area contributed by atoms with Gasteiger partial charge < -0.3 is 9.64 Å². The minimum absolute atomic E-state index is 0.0519. The van der Waals surface area contributed by atoms with Crippen LogP contribution in [-0.2, 0) is 9.53 Å². The molecule has 1 fully saturated rings. The van der Waals surface area contributed by atoms with E-state index in [2.05, 4.69) is 9.97 Å². The summed E-state index contributed by atoms with van der Waals surface area (Å²) < 4.78 is 4.95. The van der Waals surface area contributed by atoms with Crippen LogP contribution in [0.3, 0.4) is 0 Å². The van der Waals surface area contributed by atoms with Crippen molar-refractivity contribution >= 4 is 23.4 Å². The van der Waals surface area contributed by atoms with Gasteiger partial charge in [-0.1, -0.05) is 11.6 Å². The number of aryl methyl sites for hydroxylation is 1. The highest BCUT2D eigenvalue weighted by Gasteiger charge is 2.34. The molecule has 2 heterocycles. The van der Waals surface area contributed by atoms with Crippen molar-refractivity contribution in [1.82, 2.24) is 9.97 Å². The molecule has 0 aliphatic carbocycles. The molecule has 0 amide bonds. The Hall–Kier alpha value is -1.36. The average Bonchev–Trinajstić information content (AvgIpc) is 2.13. The van der Waals surface area contributed by atoms with Crippen LogP contribution < -0.4 is 4.90 Å². The van der Waals surface area contributed by atoms with E-state index < -0.39 is 0 Å². The summed E-state index contributed by atoms with van der Waals surface area (Å²) in [5.41, 5.74) is 0. The summed E-state index contributed by atoms with van der Waals surface area (Å²) in [5.74, 6) is 1.21. The number of carbonyl (C=O) groups excluding carboxylic acids is 1. The summed E-state index contributed by atoms with van der Waals surface area (Å²) in [4.78, 5) is 21.7. The number of halogens is 1. The fourth-order valence-electron chi connectivity index (χ4n) is 1.75. The number of carbonyl (C=O) groups is 1. The van der Waals surface area contributed by atoms with E-state index in [1.54, 1.807) is 13.0 Å². The molecule has 92 valence electrons. The SMILES string of the molecule is CCOC(=O)C1CN(c2cc(Cl)nc(C)n2)C1. The number of anilines is 1. The predicted molar refractivity (Wildman–Crippen MR) is 64.1 cm³/mol. The first-order chi connectivity index (χ1) is 8.10. The molecule has 0 spiro atoms. The molecule has 0 radical (unpaired) electrons. The lowest BCUT2D eigenvalue weighted by molar-refractivity contribution is -0.148. The Morgan fingerprint density at radius 3 is 2.88 bits per heavy atom. The molecular formula is C11H14ClN3O2. The Bertz CT molecular complexity index is 412. The van der Waals surface area contributed by atoms with Gasteiger partial charge in [0.1, 0.15) is 16.8 Å². The standard InChI is InChI=1S/C11H14ClN3O2/c1-3-17-11(16)8-5-15(6-8)10-4-9(12)13-7(2)14-10/h4,8H,3,5-6H2,1-2H3. The van der Waals surface area contributed by atoms with Crippen LogP contribution in [0.5, 0.6) is 0 Å². The van der Waals surface area contributed by atoms with Gasteiger partial charge in [-0.25, -0.2) is 9.97 Å². The fraction of sp³-hybridized carbons (Fsp3) is 0.545. The highest BCUT2D eigenvalue weighted by atomic mass is 35.5. The molecule has 1 aliphatic rings. The molecule has 1 aromatic heterocycles. The molecule has 0 saturated carbocycles. The Balaban J connectivity index is 1.97. The number of nitrogens with zero attached hydrogens (tertiary/aromatic N) is 3. The molecule has 0 atom stereocenters. The molecule has 0 N–H and O–H groups in total. The van der Waals surface area contributed by atoms with Crippen molar-refractivity contribution < 1.29 is 9.53 Å². The number of ether oxygens (including phenoxy) is 1. The van der Waals surface area contributed by atoms with Crippen molar-refractivity contribution in [2.24, 2.45) is 5.92 Å². The van der Waals surface area contributed by atoms with E-state index in [-0.39, 0.29) is 11.9 Å². The van der Waals surface area contributed by atoms with E-state index in [9.17, 15) is 4.79 Å². The topological polar surface area (TPSA) is 55.3 Å². The normalized spacial score (nSPS) is 15.6. The third kappa shape index (κ3) is 2.66. The van der Waals surface area contributed by atoms with E-state index in [0.29, 0.717) is 30.7 Å². The first-order valence-corrected chi connectivity index (χ1v) is 5.90. The Morgan fingerprint density at radius 1 is 1.59 bits per heavy atom. The molecule has 6 heteroatoms. The number of rotatable bonds is 3. The Labute approximate surface area is 105 Å². The van der Waals surface area contributed by atoms with Crippen LogP contribution in [0.4, 0.5) is 5.82 Å². The van der Waals surface area contributed by atoms with Gasteiger partial charge in [0.15, 0.2) is 0 Å². The van der Waals surface area contributed by atoms with E-state index in [4.69, 9.17) is 16.3 Å². The zero-order valence-electron chi connectivity index (χ0n) is 9.81. The van der Waals surface area contributed by atoms with E-state index in [0.717, 1.165) is 5.82 Å². The van der Waals surface area contributed by atoms with Crippen molar-refractivity contribution in [3.05, 3.63) is 17.0 Å². The van der Waals surface area contributed by atoms with Crippen molar-refractivity contribution in [2.45, 2.75) is 13.8 Å². The highest BCUT2D eigenvalue weighted by Crippen LogP contribution is 2.25. The Kier molecular flexibility index (Phi) is 3.47.